The minimum atomic E-state index is -1.04. The van der Waals surface area contributed by atoms with Crippen molar-refractivity contribution in [2.75, 3.05) is 20.2 Å². The van der Waals surface area contributed by atoms with Crippen LogP contribution in [0.3, 0.4) is 0 Å². The van der Waals surface area contributed by atoms with Gasteiger partial charge in [-0.15, -0.1) is 0 Å². The summed E-state index contributed by atoms with van der Waals surface area (Å²) in [7, 11) is 1.23. The van der Waals surface area contributed by atoms with E-state index in [1.807, 2.05) is 30.3 Å². The second-order valence-corrected chi connectivity index (χ2v) is 5.93. The molecule has 27 heavy (non-hydrogen) atoms. The van der Waals surface area contributed by atoms with Gasteiger partial charge in [0.2, 0.25) is 5.91 Å². The smallest absolute Gasteiger partial charge is 0.328 e. The van der Waals surface area contributed by atoms with Crippen molar-refractivity contribution in [1.82, 2.24) is 20.2 Å². The fourth-order valence-corrected chi connectivity index (χ4v) is 2.59. The van der Waals surface area contributed by atoms with Crippen molar-refractivity contribution in [3.63, 3.8) is 0 Å². The first-order valence-electron chi connectivity index (χ1n) is 8.31. The molecule has 0 aliphatic rings. The molecule has 0 aliphatic heterocycles. The van der Waals surface area contributed by atoms with Crippen LogP contribution in [-0.2, 0) is 32.1 Å². The Balaban J connectivity index is 2.00. The maximum Gasteiger partial charge on any atom is 0.328 e. The van der Waals surface area contributed by atoms with Gasteiger partial charge in [0.05, 0.1) is 32.2 Å². The number of carbonyl (C=O) groups excluding carboxylic acids is 2. The molecular weight excluding hydrogens is 352 g/mol. The van der Waals surface area contributed by atoms with Crippen molar-refractivity contribution in [2.24, 2.45) is 0 Å². The van der Waals surface area contributed by atoms with Gasteiger partial charge in [-0.2, -0.15) is 0 Å². The summed E-state index contributed by atoms with van der Waals surface area (Å²) in [4.78, 5) is 43.8. The zero-order valence-corrected chi connectivity index (χ0v) is 14.9. The van der Waals surface area contributed by atoms with E-state index < -0.39 is 23.9 Å². The van der Waals surface area contributed by atoms with Gasteiger partial charge in [0.25, 0.3) is 0 Å². The van der Waals surface area contributed by atoms with E-state index in [1.54, 1.807) is 6.20 Å². The Morgan fingerprint density at radius 1 is 1.26 bits per heavy atom. The van der Waals surface area contributed by atoms with E-state index in [0.717, 1.165) is 5.56 Å². The summed E-state index contributed by atoms with van der Waals surface area (Å²) in [5, 5.41) is 11.7. The summed E-state index contributed by atoms with van der Waals surface area (Å²) >= 11 is 0. The second-order valence-electron chi connectivity index (χ2n) is 5.93. The number of nitrogens with zero attached hydrogens (tertiary/aromatic N) is 2. The molecular formula is C18H22N4O5. The molecule has 0 aliphatic carbocycles. The third-order valence-corrected chi connectivity index (χ3v) is 3.76. The van der Waals surface area contributed by atoms with E-state index in [0.29, 0.717) is 12.2 Å². The summed E-state index contributed by atoms with van der Waals surface area (Å²) in [5.74, 6) is -2.11. The van der Waals surface area contributed by atoms with Gasteiger partial charge < -0.3 is 20.1 Å². The third-order valence-electron chi connectivity index (χ3n) is 3.76. The SMILES string of the molecule is COC(=O)[C@H](Cc1c[nH]cn1)NC(=O)CN(CC(=O)O)Cc1ccccc1. The van der Waals surface area contributed by atoms with Gasteiger partial charge in [0.15, 0.2) is 0 Å². The molecule has 0 saturated carbocycles. The number of ether oxygens (including phenoxy) is 1. The zero-order valence-electron chi connectivity index (χ0n) is 14.9. The topological polar surface area (TPSA) is 125 Å². The number of carbonyl (C=O) groups is 3. The largest absolute Gasteiger partial charge is 0.480 e. The van der Waals surface area contributed by atoms with Crippen LogP contribution in [0.15, 0.2) is 42.9 Å². The third kappa shape index (κ3) is 6.90. The van der Waals surface area contributed by atoms with Gasteiger partial charge >= 0.3 is 11.9 Å². The molecule has 2 aromatic rings. The lowest BCUT2D eigenvalue weighted by atomic mass is 10.1. The van der Waals surface area contributed by atoms with Crippen molar-refractivity contribution in [1.29, 1.82) is 0 Å². The Morgan fingerprint density at radius 3 is 2.59 bits per heavy atom. The van der Waals surface area contributed by atoms with E-state index >= 15 is 0 Å². The minimum absolute atomic E-state index is 0.166. The predicted octanol–water partition coefficient (Wildman–Crippen LogP) is 0.197. The number of aromatic amines is 1. The first-order valence-corrected chi connectivity index (χ1v) is 8.31. The van der Waals surface area contributed by atoms with Gasteiger partial charge in [0.1, 0.15) is 6.04 Å². The Bertz CT molecular complexity index is 748. The Morgan fingerprint density at radius 2 is 2.00 bits per heavy atom. The lowest BCUT2D eigenvalue weighted by Gasteiger charge is -2.22. The highest BCUT2D eigenvalue weighted by molar-refractivity contribution is 5.86. The predicted molar refractivity (Wildman–Crippen MR) is 95.6 cm³/mol. The molecule has 2 rings (SSSR count). The number of carboxylic acid groups (broad SMARTS) is 1. The molecule has 3 N–H and O–H groups in total. The maximum absolute atomic E-state index is 12.4. The number of hydrogen-bond acceptors (Lipinski definition) is 6. The molecule has 1 aromatic carbocycles. The first kappa shape index (κ1) is 20.1. The summed E-state index contributed by atoms with van der Waals surface area (Å²) in [6, 6.07) is 8.32. The highest BCUT2D eigenvalue weighted by Crippen LogP contribution is 2.05. The number of aromatic nitrogens is 2. The molecule has 9 nitrogen and oxygen atoms in total. The summed E-state index contributed by atoms with van der Waals surface area (Å²) in [6.07, 6.45) is 3.26. The molecule has 144 valence electrons. The van der Waals surface area contributed by atoms with Crippen molar-refractivity contribution in [3.8, 4) is 0 Å². The molecule has 0 radical (unpaired) electrons. The molecule has 1 atom stereocenters. The molecule has 0 saturated heterocycles. The number of amides is 1. The number of nitrogens with one attached hydrogen (secondary N) is 2. The monoisotopic (exact) mass is 374 g/mol. The number of methoxy groups -OCH3 is 1. The number of carboxylic acids is 1. The summed E-state index contributed by atoms with van der Waals surface area (Å²) < 4.78 is 4.73. The second kappa shape index (κ2) is 10.1. The molecule has 1 heterocycles. The van der Waals surface area contributed by atoms with Crippen molar-refractivity contribution < 1.29 is 24.2 Å². The van der Waals surface area contributed by atoms with E-state index in [2.05, 4.69) is 15.3 Å². The number of imidazole rings is 1. The van der Waals surface area contributed by atoms with Gasteiger partial charge in [-0.05, 0) is 5.56 Å². The van der Waals surface area contributed by atoms with Crippen molar-refractivity contribution >= 4 is 17.8 Å². The molecule has 1 aromatic heterocycles. The fraction of sp³-hybridized carbons (Fsp3) is 0.333. The van der Waals surface area contributed by atoms with Crippen LogP contribution in [0.5, 0.6) is 0 Å². The number of benzene rings is 1. The van der Waals surface area contributed by atoms with E-state index in [-0.39, 0.29) is 19.5 Å². The Hall–Kier alpha value is -3.20. The van der Waals surface area contributed by atoms with Crippen LogP contribution < -0.4 is 5.32 Å². The van der Waals surface area contributed by atoms with Gasteiger partial charge in [-0.3, -0.25) is 14.5 Å². The average Bonchev–Trinajstić information content (AvgIpc) is 3.13. The van der Waals surface area contributed by atoms with Crippen LogP contribution in [0.4, 0.5) is 0 Å². The quantitative estimate of drug-likeness (QED) is 0.507. The Labute approximate surface area is 156 Å². The number of aliphatic carboxylic acids is 1. The summed E-state index contributed by atoms with van der Waals surface area (Å²) in [6.45, 7) is -0.178. The van der Waals surface area contributed by atoms with E-state index in [4.69, 9.17) is 9.84 Å². The highest BCUT2D eigenvalue weighted by atomic mass is 16.5. The maximum atomic E-state index is 12.4. The fourth-order valence-electron chi connectivity index (χ4n) is 2.59. The van der Waals surface area contributed by atoms with Gasteiger partial charge in [-0.1, -0.05) is 30.3 Å². The summed E-state index contributed by atoms with van der Waals surface area (Å²) in [5.41, 5.74) is 1.48. The highest BCUT2D eigenvalue weighted by Gasteiger charge is 2.24. The normalized spacial score (nSPS) is 11.8. The lowest BCUT2D eigenvalue weighted by molar-refractivity contribution is -0.145. The van der Waals surface area contributed by atoms with Crippen LogP contribution in [0, 0.1) is 0 Å². The minimum Gasteiger partial charge on any atom is -0.480 e. The molecule has 1 amide bonds. The van der Waals surface area contributed by atoms with Crippen LogP contribution in [-0.4, -0.2) is 64.1 Å². The van der Waals surface area contributed by atoms with Crippen LogP contribution in [0.2, 0.25) is 0 Å². The number of rotatable bonds is 10. The van der Waals surface area contributed by atoms with E-state index in [1.165, 1.54) is 18.3 Å². The number of hydrogen-bond donors (Lipinski definition) is 3. The standard InChI is InChI=1S/C18H22N4O5/c1-27-18(26)15(7-14-8-19-12-20-14)21-16(23)10-22(11-17(24)25)9-13-5-3-2-4-6-13/h2-6,8,12,15H,7,9-11H2,1H3,(H,19,20)(H,21,23)(H,24,25)/t15-/m0/s1. The van der Waals surface area contributed by atoms with E-state index in [9.17, 15) is 14.4 Å². The van der Waals surface area contributed by atoms with Crippen LogP contribution >= 0.6 is 0 Å². The van der Waals surface area contributed by atoms with Crippen LogP contribution in [0.1, 0.15) is 11.3 Å². The van der Waals surface area contributed by atoms with Crippen molar-refractivity contribution in [3.05, 3.63) is 54.1 Å². The molecule has 9 heteroatoms. The molecule has 0 bridgehead atoms. The molecule has 0 fully saturated rings. The Kier molecular flexibility index (Phi) is 7.50. The number of esters is 1. The average molecular weight is 374 g/mol. The first-order chi connectivity index (χ1) is 13.0. The van der Waals surface area contributed by atoms with Gasteiger partial charge in [0, 0.05) is 19.2 Å². The molecule has 0 spiro atoms. The van der Waals surface area contributed by atoms with Crippen LogP contribution in [0.25, 0.3) is 0 Å². The lowest BCUT2D eigenvalue weighted by Crippen LogP contribution is -2.47. The number of H-pyrrole nitrogens is 1. The molecule has 0 unspecified atom stereocenters. The van der Waals surface area contributed by atoms with Gasteiger partial charge in [-0.25, -0.2) is 9.78 Å². The van der Waals surface area contributed by atoms with Crippen molar-refractivity contribution in [2.45, 2.75) is 19.0 Å². The zero-order chi connectivity index (χ0) is 19.6.